The largest absolute Gasteiger partial charge is 0.383 e. The van der Waals surface area contributed by atoms with Crippen molar-refractivity contribution in [2.75, 3.05) is 38.3 Å². The van der Waals surface area contributed by atoms with Gasteiger partial charge in [-0.05, 0) is 13.0 Å². The zero-order chi connectivity index (χ0) is 11.7. The number of hydrogen-bond acceptors (Lipinski definition) is 4. The van der Waals surface area contributed by atoms with E-state index in [1.807, 2.05) is 0 Å². The van der Waals surface area contributed by atoms with Crippen molar-refractivity contribution in [3.05, 3.63) is 0 Å². The van der Waals surface area contributed by atoms with E-state index >= 15 is 0 Å². The molecule has 0 aromatic rings. The van der Waals surface area contributed by atoms with Crippen molar-refractivity contribution >= 4 is 21.4 Å². The second-order valence-corrected chi connectivity index (χ2v) is 6.44. The van der Waals surface area contributed by atoms with Crippen LogP contribution in [-0.4, -0.2) is 52.1 Å². The lowest BCUT2D eigenvalue weighted by Crippen LogP contribution is -2.28. The van der Waals surface area contributed by atoms with Gasteiger partial charge in [0.2, 0.25) is 0 Å². The Balaban J connectivity index is 3.40. The molecule has 0 aliphatic carbocycles. The lowest BCUT2D eigenvalue weighted by Gasteiger charge is -2.09. The Kier molecular flexibility index (Phi) is 8.42. The van der Waals surface area contributed by atoms with E-state index in [9.17, 15) is 8.42 Å². The molecule has 0 amide bonds. The zero-order valence-electron chi connectivity index (χ0n) is 9.33. The summed E-state index contributed by atoms with van der Waals surface area (Å²) in [7, 11) is -1.23. The highest BCUT2D eigenvalue weighted by Gasteiger charge is 2.07. The van der Waals surface area contributed by atoms with Crippen LogP contribution in [0.3, 0.4) is 0 Å². The van der Waals surface area contributed by atoms with Gasteiger partial charge in [0.15, 0.2) is 0 Å². The molecule has 0 aromatic carbocycles. The highest BCUT2D eigenvalue weighted by Crippen LogP contribution is 1.95. The van der Waals surface area contributed by atoms with Gasteiger partial charge in [-0.1, -0.05) is 6.92 Å². The first-order valence-electron chi connectivity index (χ1n) is 5.06. The SMILES string of the molecule is CCS(=O)(=O)CCCNCC(Cl)COC. The first-order valence-corrected chi connectivity index (χ1v) is 7.31. The summed E-state index contributed by atoms with van der Waals surface area (Å²) in [4.78, 5) is 0. The van der Waals surface area contributed by atoms with Crippen molar-refractivity contribution in [3.63, 3.8) is 0 Å². The van der Waals surface area contributed by atoms with E-state index in [4.69, 9.17) is 16.3 Å². The number of hydrogen-bond donors (Lipinski definition) is 1. The molecular weight excluding hydrogens is 238 g/mol. The summed E-state index contributed by atoms with van der Waals surface area (Å²) < 4.78 is 27.1. The fourth-order valence-corrected chi connectivity index (χ4v) is 2.17. The Morgan fingerprint density at radius 3 is 2.67 bits per heavy atom. The summed E-state index contributed by atoms with van der Waals surface area (Å²) >= 11 is 5.87. The minimum absolute atomic E-state index is 0.0576. The van der Waals surface area contributed by atoms with E-state index < -0.39 is 9.84 Å². The highest BCUT2D eigenvalue weighted by atomic mass is 35.5. The van der Waals surface area contributed by atoms with Gasteiger partial charge in [-0.2, -0.15) is 0 Å². The maximum atomic E-state index is 11.1. The molecule has 4 nitrogen and oxygen atoms in total. The molecule has 0 aromatic heterocycles. The Labute approximate surface area is 97.3 Å². The number of halogens is 1. The Morgan fingerprint density at radius 1 is 1.47 bits per heavy atom. The maximum absolute atomic E-state index is 11.1. The second kappa shape index (κ2) is 8.33. The van der Waals surface area contributed by atoms with Crippen LogP contribution in [0.5, 0.6) is 0 Å². The maximum Gasteiger partial charge on any atom is 0.150 e. The quantitative estimate of drug-likeness (QED) is 0.487. The molecular formula is C9H20ClNO3S. The van der Waals surface area contributed by atoms with Crippen molar-refractivity contribution in [2.45, 2.75) is 18.7 Å². The topological polar surface area (TPSA) is 55.4 Å². The van der Waals surface area contributed by atoms with Crippen LogP contribution in [0.15, 0.2) is 0 Å². The molecule has 0 aliphatic heterocycles. The van der Waals surface area contributed by atoms with Gasteiger partial charge >= 0.3 is 0 Å². The van der Waals surface area contributed by atoms with Crippen LogP contribution in [0.4, 0.5) is 0 Å². The third kappa shape index (κ3) is 9.11. The summed E-state index contributed by atoms with van der Waals surface area (Å²) in [5, 5.41) is 3.03. The van der Waals surface area contributed by atoms with E-state index in [2.05, 4.69) is 5.32 Å². The fraction of sp³-hybridized carbons (Fsp3) is 1.00. The fourth-order valence-electron chi connectivity index (χ4n) is 1.06. The number of ether oxygens (including phenoxy) is 1. The van der Waals surface area contributed by atoms with Crippen molar-refractivity contribution in [1.29, 1.82) is 0 Å². The number of nitrogens with one attached hydrogen (secondary N) is 1. The minimum atomic E-state index is -2.83. The molecule has 1 atom stereocenters. The average molecular weight is 258 g/mol. The number of alkyl halides is 1. The van der Waals surface area contributed by atoms with Gasteiger partial charge in [-0.25, -0.2) is 8.42 Å². The molecule has 15 heavy (non-hydrogen) atoms. The summed E-state index contributed by atoms with van der Waals surface area (Å²) in [6.45, 7) is 3.48. The van der Waals surface area contributed by atoms with Crippen LogP contribution < -0.4 is 5.32 Å². The van der Waals surface area contributed by atoms with Crippen LogP contribution in [0, 0.1) is 0 Å². The standard InChI is InChI=1S/C9H20ClNO3S/c1-3-15(12,13)6-4-5-11-7-9(10)8-14-2/h9,11H,3-8H2,1-2H3. The van der Waals surface area contributed by atoms with E-state index in [0.717, 1.165) is 0 Å². The molecule has 92 valence electrons. The molecule has 6 heteroatoms. The van der Waals surface area contributed by atoms with Crippen molar-refractivity contribution in [1.82, 2.24) is 5.32 Å². The van der Waals surface area contributed by atoms with Gasteiger partial charge < -0.3 is 10.1 Å². The van der Waals surface area contributed by atoms with Crippen LogP contribution in [0.2, 0.25) is 0 Å². The zero-order valence-corrected chi connectivity index (χ0v) is 10.9. The lowest BCUT2D eigenvalue weighted by atomic mass is 10.4. The molecule has 1 unspecified atom stereocenters. The predicted molar refractivity (Wildman–Crippen MR) is 63.3 cm³/mol. The van der Waals surface area contributed by atoms with Gasteiger partial charge in [-0.15, -0.1) is 11.6 Å². The lowest BCUT2D eigenvalue weighted by molar-refractivity contribution is 0.197. The predicted octanol–water partition coefficient (Wildman–Crippen LogP) is 0.655. The van der Waals surface area contributed by atoms with Gasteiger partial charge in [-0.3, -0.25) is 0 Å². The van der Waals surface area contributed by atoms with E-state index in [0.29, 0.717) is 26.1 Å². The Bertz CT molecular complexity index is 244. The minimum Gasteiger partial charge on any atom is -0.383 e. The van der Waals surface area contributed by atoms with Crippen molar-refractivity contribution in [3.8, 4) is 0 Å². The molecule has 0 radical (unpaired) electrons. The molecule has 0 heterocycles. The van der Waals surface area contributed by atoms with Crippen LogP contribution >= 0.6 is 11.6 Å². The second-order valence-electron chi connectivity index (χ2n) is 3.35. The highest BCUT2D eigenvalue weighted by molar-refractivity contribution is 7.91. The van der Waals surface area contributed by atoms with E-state index in [-0.39, 0.29) is 16.9 Å². The summed E-state index contributed by atoms with van der Waals surface area (Å²) in [5.74, 6) is 0.461. The Hall–Kier alpha value is 0.160. The van der Waals surface area contributed by atoms with Gasteiger partial charge in [0.1, 0.15) is 9.84 Å². The van der Waals surface area contributed by atoms with Gasteiger partial charge in [0.05, 0.1) is 17.7 Å². The van der Waals surface area contributed by atoms with Crippen LogP contribution in [0.1, 0.15) is 13.3 Å². The molecule has 0 saturated carbocycles. The molecule has 1 N–H and O–H groups in total. The van der Waals surface area contributed by atoms with Crippen molar-refractivity contribution < 1.29 is 13.2 Å². The summed E-state index contributed by atoms with van der Waals surface area (Å²) in [6, 6.07) is 0. The third-order valence-corrected chi connectivity index (χ3v) is 4.03. The van der Waals surface area contributed by atoms with E-state index in [1.165, 1.54) is 0 Å². The molecule has 0 bridgehead atoms. The molecule has 0 aliphatic rings. The smallest absolute Gasteiger partial charge is 0.150 e. The summed E-state index contributed by atoms with van der Waals surface area (Å²) in [5.41, 5.74) is 0. The molecule has 0 saturated heterocycles. The summed E-state index contributed by atoms with van der Waals surface area (Å²) in [6.07, 6.45) is 0.632. The van der Waals surface area contributed by atoms with Crippen molar-refractivity contribution in [2.24, 2.45) is 0 Å². The molecule has 0 spiro atoms. The molecule has 0 fully saturated rings. The number of sulfone groups is 1. The normalized spacial score (nSPS) is 14.1. The molecule has 0 rings (SSSR count). The first kappa shape index (κ1) is 15.2. The monoisotopic (exact) mass is 257 g/mol. The third-order valence-electron chi connectivity index (χ3n) is 1.96. The van der Waals surface area contributed by atoms with Crippen LogP contribution in [0.25, 0.3) is 0 Å². The average Bonchev–Trinajstić information content (AvgIpc) is 2.17. The van der Waals surface area contributed by atoms with Crippen LogP contribution in [-0.2, 0) is 14.6 Å². The number of methoxy groups -OCH3 is 1. The van der Waals surface area contributed by atoms with Gasteiger partial charge in [0, 0.05) is 19.4 Å². The first-order chi connectivity index (χ1) is 7.02. The van der Waals surface area contributed by atoms with E-state index in [1.54, 1.807) is 14.0 Å². The van der Waals surface area contributed by atoms with Gasteiger partial charge in [0.25, 0.3) is 0 Å². The Morgan fingerprint density at radius 2 is 2.13 bits per heavy atom. The number of rotatable bonds is 9.